The minimum Gasteiger partial charge on any atom is -0.478 e. The van der Waals surface area contributed by atoms with Gasteiger partial charge in [0.15, 0.2) is 0 Å². The van der Waals surface area contributed by atoms with Crippen LogP contribution in [0.15, 0.2) is 18.2 Å². The SMILES string of the molecule is CC(C)(C)C1CCN(c2cc(N)ccc2C(=O)O)C1. The molecule has 0 aromatic heterocycles. The predicted molar refractivity (Wildman–Crippen MR) is 77.6 cm³/mol. The standard InChI is InChI=1S/C15H22N2O2/c1-15(2,3)10-6-7-17(9-10)13-8-11(16)4-5-12(13)14(18)19/h4-5,8,10H,6-7,9,16H2,1-3H3,(H,18,19). The minimum atomic E-state index is -0.894. The van der Waals surface area contributed by atoms with Crippen LogP contribution in [0.4, 0.5) is 11.4 Å². The number of benzene rings is 1. The Morgan fingerprint density at radius 1 is 1.42 bits per heavy atom. The maximum absolute atomic E-state index is 11.3. The molecule has 3 N–H and O–H groups in total. The molecule has 1 unspecified atom stereocenters. The molecule has 1 aromatic rings. The molecule has 0 bridgehead atoms. The first-order chi connectivity index (χ1) is 8.79. The van der Waals surface area contributed by atoms with E-state index in [1.807, 2.05) is 0 Å². The summed E-state index contributed by atoms with van der Waals surface area (Å²) in [4.78, 5) is 13.4. The highest BCUT2D eigenvalue weighted by molar-refractivity contribution is 5.95. The quantitative estimate of drug-likeness (QED) is 0.804. The molecule has 19 heavy (non-hydrogen) atoms. The van der Waals surface area contributed by atoms with E-state index in [1.165, 1.54) is 0 Å². The molecule has 1 atom stereocenters. The second-order valence-electron chi connectivity index (χ2n) is 6.38. The summed E-state index contributed by atoms with van der Waals surface area (Å²) < 4.78 is 0. The van der Waals surface area contributed by atoms with Crippen molar-refractivity contribution in [2.45, 2.75) is 27.2 Å². The average Bonchev–Trinajstić information content (AvgIpc) is 2.77. The average molecular weight is 262 g/mol. The summed E-state index contributed by atoms with van der Waals surface area (Å²) in [6.07, 6.45) is 1.09. The molecule has 1 aliphatic rings. The highest BCUT2D eigenvalue weighted by atomic mass is 16.4. The van der Waals surface area contributed by atoms with Crippen LogP contribution in [-0.4, -0.2) is 24.2 Å². The molecule has 1 aliphatic heterocycles. The lowest BCUT2D eigenvalue weighted by Crippen LogP contribution is -2.27. The Hall–Kier alpha value is -1.71. The molecule has 0 saturated carbocycles. The number of hydrogen-bond donors (Lipinski definition) is 2. The van der Waals surface area contributed by atoms with Gasteiger partial charge in [-0.05, 0) is 36.0 Å². The van der Waals surface area contributed by atoms with E-state index < -0.39 is 5.97 Å². The Bertz CT molecular complexity index is 491. The topological polar surface area (TPSA) is 66.6 Å². The van der Waals surface area contributed by atoms with E-state index >= 15 is 0 Å². The van der Waals surface area contributed by atoms with Gasteiger partial charge in [-0.3, -0.25) is 0 Å². The Morgan fingerprint density at radius 3 is 2.63 bits per heavy atom. The number of hydrogen-bond acceptors (Lipinski definition) is 3. The number of carboxylic acids is 1. The molecular weight excluding hydrogens is 240 g/mol. The number of carboxylic acid groups (broad SMARTS) is 1. The van der Waals surface area contributed by atoms with Gasteiger partial charge in [0.05, 0.1) is 11.3 Å². The summed E-state index contributed by atoms with van der Waals surface area (Å²) in [5.74, 6) is -0.315. The zero-order valence-corrected chi connectivity index (χ0v) is 11.8. The van der Waals surface area contributed by atoms with Gasteiger partial charge >= 0.3 is 5.97 Å². The van der Waals surface area contributed by atoms with E-state index in [-0.39, 0.29) is 5.41 Å². The first-order valence-corrected chi connectivity index (χ1v) is 6.67. The van der Waals surface area contributed by atoms with Crippen molar-refractivity contribution in [2.75, 3.05) is 23.7 Å². The van der Waals surface area contributed by atoms with Crippen molar-refractivity contribution in [3.05, 3.63) is 23.8 Å². The molecular formula is C15H22N2O2. The zero-order valence-electron chi connectivity index (χ0n) is 11.8. The fourth-order valence-electron chi connectivity index (χ4n) is 2.68. The largest absolute Gasteiger partial charge is 0.478 e. The molecule has 0 spiro atoms. The predicted octanol–water partition coefficient (Wildman–Crippen LogP) is 2.84. The minimum absolute atomic E-state index is 0.248. The summed E-state index contributed by atoms with van der Waals surface area (Å²) in [6, 6.07) is 5.01. The molecule has 0 aliphatic carbocycles. The summed E-state index contributed by atoms with van der Waals surface area (Å²) in [6.45, 7) is 8.49. The Labute approximate surface area is 114 Å². The molecule has 4 nitrogen and oxygen atoms in total. The van der Waals surface area contributed by atoms with Gasteiger partial charge in [-0.15, -0.1) is 0 Å². The van der Waals surface area contributed by atoms with Crippen molar-refractivity contribution >= 4 is 17.3 Å². The fourth-order valence-corrected chi connectivity index (χ4v) is 2.68. The third-order valence-corrected chi connectivity index (χ3v) is 4.01. The highest BCUT2D eigenvalue weighted by Crippen LogP contribution is 2.37. The van der Waals surface area contributed by atoms with Crippen LogP contribution in [0.2, 0.25) is 0 Å². The monoisotopic (exact) mass is 262 g/mol. The first kappa shape index (κ1) is 13.7. The first-order valence-electron chi connectivity index (χ1n) is 6.67. The van der Waals surface area contributed by atoms with E-state index in [0.717, 1.165) is 25.2 Å². The number of anilines is 2. The molecule has 1 aromatic carbocycles. The van der Waals surface area contributed by atoms with Crippen molar-refractivity contribution in [2.24, 2.45) is 11.3 Å². The van der Waals surface area contributed by atoms with E-state index in [0.29, 0.717) is 17.2 Å². The van der Waals surface area contributed by atoms with E-state index in [2.05, 4.69) is 25.7 Å². The summed E-state index contributed by atoms with van der Waals surface area (Å²) in [5, 5.41) is 9.28. The molecule has 2 rings (SSSR count). The van der Waals surface area contributed by atoms with Crippen LogP contribution < -0.4 is 10.6 Å². The molecule has 1 fully saturated rings. The van der Waals surface area contributed by atoms with Gasteiger partial charge in [0, 0.05) is 18.8 Å². The second kappa shape index (κ2) is 4.76. The zero-order chi connectivity index (χ0) is 14.2. The van der Waals surface area contributed by atoms with E-state index in [4.69, 9.17) is 5.73 Å². The number of rotatable bonds is 2. The third kappa shape index (κ3) is 2.83. The van der Waals surface area contributed by atoms with Crippen molar-refractivity contribution < 1.29 is 9.90 Å². The highest BCUT2D eigenvalue weighted by Gasteiger charge is 2.33. The lowest BCUT2D eigenvalue weighted by Gasteiger charge is -2.28. The van der Waals surface area contributed by atoms with Crippen LogP contribution in [0.5, 0.6) is 0 Å². The maximum Gasteiger partial charge on any atom is 0.337 e. The van der Waals surface area contributed by atoms with Gasteiger partial charge in [-0.25, -0.2) is 4.79 Å². The van der Waals surface area contributed by atoms with Gasteiger partial charge < -0.3 is 15.7 Å². The number of nitrogens with zero attached hydrogens (tertiary/aromatic N) is 1. The Kier molecular flexibility index (Phi) is 3.43. The number of nitrogen functional groups attached to an aromatic ring is 1. The summed E-state index contributed by atoms with van der Waals surface area (Å²) >= 11 is 0. The molecule has 0 radical (unpaired) electrons. The van der Waals surface area contributed by atoms with E-state index in [9.17, 15) is 9.90 Å². The lowest BCUT2D eigenvalue weighted by atomic mass is 9.80. The normalized spacial score (nSPS) is 19.7. The molecule has 1 heterocycles. The van der Waals surface area contributed by atoms with Gasteiger partial charge in [0.25, 0.3) is 0 Å². The van der Waals surface area contributed by atoms with Crippen LogP contribution in [0, 0.1) is 11.3 Å². The summed E-state index contributed by atoms with van der Waals surface area (Å²) in [5.41, 5.74) is 7.74. The van der Waals surface area contributed by atoms with Crippen molar-refractivity contribution in [3.63, 3.8) is 0 Å². The van der Waals surface area contributed by atoms with Crippen molar-refractivity contribution in [1.29, 1.82) is 0 Å². The van der Waals surface area contributed by atoms with Crippen molar-refractivity contribution in [1.82, 2.24) is 0 Å². The van der Waals surface area contributed by atoms with Crippen LogP contribution >= 0.6 is 0 Å². The van der Waals surface area contributed by atoms with Gasteiger partial charge in [-0.2, -0.15) is 0 Å². The summed E-state index contributed by atoms with van der Waals surface area (Å²) in [7, 11) is 0. The molecule has 104 valence electrons. The molecule has 1 saturated heterocycles. The van der Waals surface area contributed by atoms with Crippen LogP contribution in [-0.2, 0) is 0 Å². The van der Waals surface area contributed by atoms with Crippen LogP contribution in [0.1, 0.15) is 37.6 Å². The second-order valence-corrected chi connectivity index (χ2v) is 6.38. The smallest absolute Gasteiger partial charge is 0.337 e. The fraction of sp³-hybridized carbons (Fsp3) is 0.533. The maximum atomic E-state index is 11.3. The van der Waals surface area contributed by atoms with Crippen LogP contribution in [0.25, 0.3) is 0 Å². The van der Waals surface area contributed by atoms with Crippen LogP contribution in [0.3, 0.4) is 0 Å². The third-order valence-electron chi connectivity index (χ3n) is 4.01. The lowest BCUT2D eigenvalue weighted by molar-refractivity contribution is 0.0697. The molecule has 0 amide bonds. The van der Waals surface area contributed by atoms with Gasteiger partial charge in [0.1, 0.15) is 0 Å². The Balaban J connectivity index is 2.28. The van der Waals surface area contributed by atoms with Gasteiger partial charge in [0.2, 0.25) is 0 Å². The number of carbonyl (C=O) groups is 1. The number of nitrogens with two attached hydrogens (primary N) is 1. The van der Waals surface area contributed by atoms with Crippen molar-refractivity contribution in [3.8, 4) is 0 Å². The molecule has 4 heteroatoms. The Morgan fingerprint density at radius 2 is 2.11 bits per heavy atom. The number of aromatic carboxylic acids is 1. The van der Waals surface area contributed by atoms with Gasteiger partial charge in [-0.1, -0.05) is 20.8 Å². The van der Waals surface area contributed by atoms with E-state index in [1.54, 1.807) is 18.2 Å².